The third kappa shape index (κ3) is 4.69. The van der Waals surface area contributed by atoms with Gasteiger partial charge in [-0.05, 0) is 45.5 Å². The second-order valence-corrected chi connectivity index (χ2v) is 9.45. The quantitative estimate of drug-likeness (QED) is 0.386. The van der Waals surface area contributed by atoms with Crippen molar-refractivity contribution in [3.05, 3.63) is 28.7 Å². The van der Waals surface area contributed by atoms with Crippen LogP contribution in [0.1, 0.15) is 43.4 Å². The molecular weight excluding hydrogens is 483 g/mol. The number of fused-ring (bicyclic) bond motifs is 4. The summed E-state index contributed by atoms with van der Waals surface area (Å²) in [4.78, 5) is 6.95. The summed E-state index contributed by atoms with van der Waals surface area (Å²) in [6, 6.07) is 1.97. The minimum atomic E-state index is -0.154. The third-order valence-electron chi connectivity index (χ3n) is 6.75. The molecule has 1 atom stereocenters. The molecule has 38 heavy (non-hydrogen) atoms. The number of aromatic nitrogens is 7. The highest BCUT2D eigenvalue weighted by atomic mass is 16.5. The van der Waals surface area contributed by atoms with Gasteiger partial charge in [-0.1, -0.05) is 6.92 Å². The van der Waals surface area contributed by atoms with E-state index < -0.39 is 0 Å². The van der Waals surface area contributed by atoms with Gasteiger partial charge in [-0.15, -0.1) is 5.10 Å². The summed E-state index contributed by atoms with van der Waals surface area (Å²) in [6.45, 7) is 10.9. The first-order valence-electron chi connectivity index (χ1n) is 12.9. The Bertz CT molecular complexity index is 1490. The molecule has 0 saturated heterocycles. The lowest BCUT2D eigenvalue weighted by Gasteiger charge is -2.25. The molecule has 12 heteroatoms. The molecule has 0 aliphatic carbocycles. The van der Waals surface area contributed by atoms with Gasteiger partial charge in [0.15, 0.2) is 0 Å². The second kappa shape index (κ2) is 10.6. The summed E-state index contributed by atoms with van der Waals surface area (Å²) in [6.07, 6.45) is 3.79. The lowest BCUT2D eigenvalue weighted by atomic mass is 9.98. The van der Waals surface area contributed by atoms with E-state index in [1.54, 1.807) is 4.68 Å². The van der Waals surface area contributed by atoms with Crippen LogP contribution in [-0.2, 0) is 20.1 Å². The van der Waals surface area contributed by atoms with E-state index >= 15 is 0 Å². The van der Waals surface area contributed by atoms with Gasteiger partial charge < -0.3 is 14.6 Å². The highest BCUT2D eigenvalue weighted by molar-refractivity contribution is 6.37. The van der Waals surface area contributed by atoms with Gasteiger partial charge in [0.2, 0.25) is 11.8 Å². The van der Waals surface area contributed by atoms with Crippen LogP contribution in [0.2, 0.25) is 0 Å². The molecule has 0 saturated carbocycles. The van der Waals surface area contributed by atoms with Crippen LogP contribution in [0.4, 0.5) is 0 Å². The van der Waals surface area contributed by atoms with Crippen LogP contribution >= 0.6 is 0 Å². The fraction of sp³-hybridized carbons (Fsp3) is 0.462. The van der Waals surface area contributed by atoms with E-state index in [0.717, 1.165) is 40.1 Å². The number of aryl methyl sites for hydroxylation is 2. The van der Waals surface area contributed by atoms with Crippen molar-refractivity contribution in [3.8, 4) is 23.0 Å². The zero-order valence-electron chi connectivity index (χ0n) is 22.5. The number of likely N-dealkylation sites (N-methyl/N-ethyl adjacent to an activating group) is 1. The summed E-state index contributed by atoms with van der Waals surface area (Å²) >= 11 is 0. The summed E-state index contributed by atoms with van der Waals surface area (Å²) in [7, 11) is 8.24. The molecule has 0 fully saturated rings. The number of hydrogen-bond acceptors (Lipinski definition) is 8. The molecule has 1 aliphatic rings. The van der Waals surface area contributed by atoms with Crippen molar-refractivity contribution in [2.24, 2.45) is 7.05 Å². The Morgan fingerprint density at radius 2 is 2.08 bits per heavy atom. The van der Waals surface area contributed by atoms with E-state index in [1.807, 2.05) is 50.7 Å². The Morgan fingerprint density at radius 3 is 2.82 bits per heavy atom. The smallest absolute Gasteiger partial charge is 0.240 e. The molecule has 2 radical (unpaired) electrons. The monoisotopic (exact) mass is 516 g/mol. The van der Waals surface area contributed by atoms with Crippen molar-refractivity contribution in [1.82, 2.24) is 39.6 Å². The first-order chi connectivity index (χ1) is 18.3. The topological polar surface area (TPSA) is 119 Å². The van der Waals surface area contributed by atoms with E-state index in [-0.39, 0.29) is 12.7 Å². The van der Waals surface area contributed by atoms with Gasteiger partial charge in [0.25, 0.3) is 0 Å². The zero-order valence-corrected chi connectivity index (χ0v) is 22.5. The van der Waals surface area contributed by atoms with Crippen molar-refractivity contribution >= 4 is 36.5 Å². The van der Waals surface area contributed by atoms with Gasteiger partial charge in [0.1, 0.15) is 19.5 Å². The van der Waals surface area contributed by atoms with Gasteiger partial charge in [0.05, 0.1) is 53.7 Å². The number of rotatable bonds is 5. The molecule has 2 N–H and O–H groups in total. The number of nitrogens with zero attached hydrogens (tertiary/aromatic N) is 7. The lowest BCUT2D eigenvalue weighted by Crippen LogP contribution is -2.34. The largest absolute Gasteiger partial charge is 0.476 e. The predicted octanol–water partition coefficient (Wildman–Crippen LogP) is 1.82. The Balaban J connectivity index is 1.74. The van der Waals surface area contributed by atoms with E-state index in [1.165, 1.54) is 0 Å². The third-order valence-corrected chi connectivity index (χ3v) is 6.75. The van der Waals surface area contributed by atoms with Gasteiger partial charge in [0, 0.05) is 31.1 Å². The highest BCUT2D eigenvalue weighted by Gasteiger charge is 2.25. The maximum atomic E-state index is 9.74. The number of nitrogens with one attached hydrogen (secondary N) is 1. The van der Waals surface area contributed by atoms with Crippen molar-refractivity contribution in [2.45, 2.75) is 46.9 Å². The van der Waals surface area contributed by atoms with Crippen molar-refractivity contribution in [1.29, 1.82) is 0 Å². The Hall–Kier alpha value is -3.64. The molecule has 0 amide bonds. The first kappa shape index (κ1) is 26.0. The molecule has 1 unspecified atom stereocenters. The molecule has 198 valence electrons. The second-order valence-electron chi connectivity index (χ2n) is 9.45. The summed E-state index contributed by atoms with van der Waals surface area (Å²) < 4.78 is 16.0. The SMILES string of the molecule is [B]c1nc2cc3c([nH]nc13)/C=C/c1c(OCC)nn(CCO)c1CN(CC)CC(C)Oc1c-2c(C)nn1C. The minimum Gasteiger partial charge on any atom is -0.476 e. The molecule has 4 aromatic rings. The number of aliphatic hydroxyl groups is 1. The molecule has 0 spiro atoms. The van der Waals surface area contributed by atoms with E-state index in [0.29, 0.717) is 54.8 Å². The predicted molar refractivity (Wildman–Crippen MR) is 147 cm³/mol. The maximum absolute atomic E-state index is 9.74. The Kier molecular flexibility index (Phi) is 7.26. The van der Waals surface area contributed by atoms with Crippen LogP contribution in [0.15, 0.2) is 6.07 Å². The van der Waals surface area contributed by atoms with Crippen molar-refractivity contribution in [2.75, 3.05) is 26.3 Å². The Morgan fingerprint density at radius 1 is 1.26 bits per heavy atom. The van der Waals surface area contributed by atoms with E-state index in [2.05, 4.69) is 37.2 Å². The normalized spacial score (nSPS) is 17.1. The van der Waals surface area contributed by atoms with Crippen LogP contribution in [0.25, 0.3) is 34.3 Å². The standard InChI is InChI=1S/C26H33BN8O3/c1-6-34-13-15(3)38-26-22(16(4)31-33(26)5)20-12-18-19(29-30-23(18)24(27)28-20)9-8-17-21(14-34)35(10-11-36)32-25(17)37-7-2/h8-9,12,15,36H,6-7,10-11,13-14H2,1-5H3,(H,29,30)/b9-8+. The average molecular weight is 516 g/mol. The Labute approximate surface area is 222 Å². The highest BCUT2D eigenvalue weighted by Crippen LogP contribution is 2.34. The van der Waals surface area contributed by atoms with Gasteiger partial charge in [-0.2, -0.15) is 10.2 Å². The van der Waals surface area contributed by atoms with Gasteiger partial charge in [-0.25, -0.2) is 4.68 Å². The van der Waals surface area contributed by atoms with Crippen molar-refractivity contribution < 1.29 is 14.6 Å². The summed E-state index contributed by atoms with van der Waals surface area (Å²) in [5, 5.41) is 27.4. The number of aromatic amines is 1. The average Bonchev–Trinajstić information content (AvgIpc) is 3.51. The van der Waals surface area contributed by atoms with Gasteiger partial charge in [-0.3, -0.25) is 19.7 Å². The van der Waals surface area contributed by atoms with Crippen LogP contribution in [-0.4, -0.2) is 85.0 Å². The number of ether oxygens (including phenoxy) is 2. The summed E-state index contributed by atoms with van der Waals surface area (Å²) in [5.74, 6) is 1.16. The van der Waals surface area contributed by atoms with Crippen LogP contribution in [0.5, 0.6) is 11.8 Å². The fourth-order valence-corrected chi connectivity index (χ4v) is 5.00. The van der Waals surface area contributed by atoms with Crippen molar-refractivity contribution in [3.63, 3.8) is 0 Å². The van der Waals surface area contributed by atoms with Crippen LogP contribution < -0.4 is 15.1 Å². The van der Waals surface area contributed by atoms with Crippen LogP contribution in [0.3, 0.4) is 0 Å². The molecule has 0 aromatic carbocycles. The van der Waals surface area contributed by atoms with Crippen LogP contribution in [0, 0.1) is 6.92 Å². The van der Waals surface area contributed by atoms with E-state index in [9.17, 15) is 5.11 Å². The fourth-order valence-electron chi connectivity index (χ4n) is 5.00. The molecule has 5 heterocycles. The number of aliphatic hydroxyl groups excluding tert-OH is 1. The number of H-pyrrole nitrogens is 1. The number of hydrogen-bond donors (Lipinski definition) is 2. The molecule has 1 aliphatic heterocycles. The first-order valence-corrected chi connectivity index (χ1v) is 12.9. The lowest BCUT2D eigenvalue weighted by molar-refractivity contribution is 0.133. The molecule has 5 rings (SSSR count). The minimum absolute atomic E-state index is 0.0299. The molecule has 2 bridgehead atoms. The molecule has 11 nitrogen and oxygen atoms in total. The zero-order chi connectivity index (χ0) is 27.0. The number of pyridine rings is 1. The van der Waals surface area contributed by atoms with E-state index in [4.69, 9.17) is 17.3 Å². The van der Waals surface area contributed by atoms with Gasteiger partial charge >= 0.3 is 0 Å². The molecule has 4 aromatic heterocycles. The summed E-state index contributed by atoms with van der Waals surface area (Å²) in [5.41, 5.74) is 5.78. The molecular formula is C26H33BN8O3. The maximum Gasteiger partial charge on any atom is 0.240 e.